The quantitative estimate of drug-likeness (QED) is 0.819. The fourth-order valence-electron chi connectivity index (χ4n) is 3.43. The van der Waals surface area contributed by atoms with Crippen molar-refractivity contribution < 1.29 is 14.3 Å². The molecule has 2 aromatic carbocycles. The summed E-state index contributed by atoms with van der Waals surface area (Å²) in [6, 6.07) is 15.7. The van der Waals surface area contributed by atoms with E-state index in [1.54, 1.807) is 7.11 Å². The van der Waals surface area contributed by atoms with Crippen LogP contribution >= 0.6 is 0 Å². The number of likely N-dealkylation sites (tertiary alicyclic amines) is 1. The second-order valence-electron chi connectivity index (χ2n) is 7.07. The topological polar surface area (TPSA) is 58.6 Å². The summed E-state index contributed by atoms with van der Waals surface area (Å²) in [5, 5.41) is 3.00. The molecule has 1 saturated heterocycles. The van der Waals surface area contributed by atoms with Crippen molar-refractivity contribution >= 4 is 11.8 Å². The first-order chi connectivity index (χ1) is 13.0. The number of aryl methyl sites for hydroxylation is 1. The Morgan fingerprint density at radius 1 is 1.19 bits per heavy atom. The highest BCUT2D eigenvalue weighted by molar-refractivity contribution is 5.83. The van der Waals surface area contributed by atoms with E-state index in [-0.39, 0.29) is 17.9 Å². The molecule has 2 amide bonds. The molecule has 2 aromatic rings. The molecular formula is C22H26N2O3. The first-order valence-electron chi connectivity index (χ1n) is 9.29. The third kappa shape index (κ3) is 5.33. The molecule has 1 heterocycles. The van der Waals surface area contributed by atoms with E-state index in [2.05, 4.69) is 5.32 Å². The van der Waals surface area contributed by atoms with Gasteiger partial charge in [-0.05, 0) is 36.6 Å². The smallest absolute Gasteiger partial charge is 0.224 e. The zero-order valence-electron chi connectivity index (χ0n) is 15.9. The van der Waals surface area contributed by atoms with Crippen LogP contribution in [0.1, 0.15) is 23.1 Å². The average Bonchev–Trinajstić information content (AvgIpc) is 2.99. The van der Waals surface area contributed by atoms with Gasteiger partial charge in [-0.3, -0.25) is 9.59 Å². The number of methoxy groups -OCH3 is 1. The van der Waals surface area contributed by atoms with Gasteiger partial charge in [0.2, 0.25) is 11.8 Å². The highest BCUT2D eigenvalue weighted by Gasteiger charge is 2.30. The summed E-state index contributed by atoms with van der Waals surface area (Å²) in [5.41, 5.74) is 3.30. The minimum atomic E-state index is -0.106. The Morgan fingerprint density at radius 2 is 1.96 bits per heavy atom. The van der Waals surface area contributed by atoms with E-state index in [0.717, 1.165) is 28.9 Å². The van der Waals surface area contributed by atoms with Crippen LogP contribution in [0.3, 0.4) is 0 Å². The molecule has 0 spiro atoms. The summed E-state index contributed by atoms with van der Waals surface area (Å²) in [4.78, 5) is 26.4. The fourth-order valence-corrected chi connectivity index (χ4v) is 3.43. The predicted molar refractivity (Wildman–Crippen MR) is 105 cm³/mol. The second kappa shape index (κ2) is 8.71. The van der Waals surface area contributed by atoms with Gasteiger partial charge in [-0.25, -0.2) is 0 Å². The Labute approximate surface area is 160 Å². The van der Waals surface area contributed by atoms with E-state index in [0.29, 0.717) is 25.9 Å². The Kier molecular flexibility index (Phi) is 6.12. The van der Waals surface area contributed by atoms with Crippen LogP contribution < -0.4 is 10.1 Å². The van der Waals surface area contributed by atoms with Crippen molar-refractivity contribution in [3.05, 3.63) is 65.2 Å². The summed E-state index contributed by atoms with van der Waals surface area (Å²) in [7, 11) is 1.64. The van der Waals surface area contributed by atoms with Crippen LogP contribution in [0.15, 0.2) is 48.5 Å². The molecule has 1 fully saturated rings. The Hall–Kier alpha value is -2.82. The van der Waals surface area contributed by atoms with E-state index < -0.39 is 0 Å². The maximum absolute atomic E-state index is 12.3. The Bertz CT molecular complexity index is 801. The van der Waals surface area contributed by atoms with Crippen LogP contribution in [0.4, 0.5) is 0 Å². The standard InChI is InChI=1S/C22H26N2O3/c1-16-4-3-5-18(12-16)13-21(25)23-19-14-22(26)24(15-19)11-10-17-6-8-20(27-2)9-7-17/h3-9,12,19H,10-11,13-15H2,1-2H3,(H,23,25). The largest absolute Gasteiger partial charge is 0.497 e. The van der Waals surface area contributed by atoms with Crippen LogP contribution in [-0.4, -0.2) is 43.0 Å². The van der Waals surface area contributed by atoms with E-state index >= 15 is 0 Å². The summed E-state index contributed by atoms with van der Waals surface area (Å²) >= 11 is 0. The van der Waals surface area contributed by atoms with Gasteiger partial charge in [0.15, 0.2) is 0 Å². The Balaban J connectivity index is 1.47. The molecule has 0 aliphatic carbocycles. The lowest BCUT2D eigenvalue weighted by Gasteiger charge is -2.17. The number of nitrogens with zero attached hydrogens (tertiary/aromatic N) is 1. The van der Waals surface area contributed by atoms with Crippen molar-refractivity contribution in [3.63, 3.8) is 0 Å². The lowest BCUT2D eigenvalue weighted by Crippen LogP contribution is -2.38. The summed E-state index contributed by atoms with van der Waals surface area (Å²) < 4.78 is 5.16. The van der Waals surface area contributed by atoms with Gasteiger partial charge in [-0.15, -0.1) is 0 Å². The van der Waals surface area contributed by atoms with Crippen LogP contribution in [0.5, 0.6) is 5.75 Å². The number of carbonyl (C=O) groups is 2. The molecule has 0 bridgehead atoms. The normalized spacial score (nSPS) is 16.4. The molecule has 5 nitrogen and oxygen atoms in total. The highest BCUT2D eigenvalue weighted by Crippen LogP contribution is 2.15. The molecule has 1 atom stereocenters. The second-order valence-corrected chi connectivity index (χ2v) is 7.07. The van der Waals surface area contributed by atoms with Gasteiger partial charge in [0, 0.05) is 19.5 Å². The molecule has 5 heteroatoms. The third-order valence-electron chi connectivity index (χ3n) is 4.86. The van der Waals surface area contributed by atoms with E-state index in [1.165, 1.54) is 0 Å². The monoisotopic (exact) mass is 366 g/mol. The maximum Gasteiger partial charge on any atom is 0.224 e. The van der Waals surface area contributed by atoms with Crippen LogP contribution in [0.2, 0.25) is 0 Å². The van der Waals surface area contributed by atoms with Crippen molar-refractivity contribution in [2.24, 2.45) is 0 Å². The molecule has 1 aliphatic heterocycles. The summed E-state index contributed by atoms with van der Waals surface area (Å²) in [5.74, 6) is 0.896. The number of ether oxygens (including phenoxy) is 1. The zero-order chi connectivity index (χ0) is 19.2. The van der Waals surface area contributed by atoms with Crippen molar-refractivity contribution in [3.8, 4) is 5.75 Å². The average molecular weight is 366 g/mol. The van der Waals surface area contributed by atoms with Gasteiger partial charge >= 0.3 is 0 Å². The van der Waals surface area contributed by atoms with Crippen molar-refractivity contribution in [2.75, 3.05) is 20.2 Å². The van der Waals surface area contributed by atoms with Gasteiger partial charge in [0.25, 0.3) is 0 Å². The lowest BCUT2D eigenvalue weighted by molar-refractivity contribution is -0.127. The summed E-state index contributed by atoms with van der Waals surface area (Å²) in [6.45, 7) is 3.25. The molecule has 1 N–H and O–H groups in total. The number of amides is 2. The van der Waals surface area contributed by atoms with Crippen molar-refractivity contribution in [2.45, 2.75) is 32.2 Å². The number of hydrogen-bond acceptors (Lipinski definition) is 3. The molecule has 3 rings (SSSR count). The fraction of sp³-hybridized carbons (Fsp3) is 0.364. The number of hydrogen-bond donors (Lipinski definition) is 1. The maximum atomic E-state index is 12.3. The van der Waals surface area contributed by atoms with Gasteiger partial charge in [-0.1, -0.05) is 42.0 Å². The molecule has 0 aromatic heterocycles. The highest BCUT2D eigenvalue weighted by atomic mass is 16.5. The SMILES string of the molecule is COc1ccc(CCN2CC(NC(=O)Cc3cccc(C)c3)CC2=O)cc1. The van der Waals surface area contributed by atoms with E-state index in [1.807, 2.05) is 60.4 Å². The van der Waals surface area contributed by atoms with E-state index in [9.17, 15) is 9.59 Å². The minimum absolute atomic E-state index is 0.0320. The first kappa shape index (κ1) is 19.0. The summed E-state index contributed by atoms with van der Waals surface area (Å²) in [6.07, 6.45) is 1.51. The third-order valence-corrected chi connectivity index (χ3v) is 4.86. The van der Waals surface area contributed by atoms with E-state index in [4.69, 9.17) is 4.74 Å². The van der Waals surface area contributed by atoms with Gasteiger partial charge in [0.05, 0.1) is 19.6 Å². The minimum Gasteiger partial charge on any atom is -0.497 e. The first-order valence-corrected chi connectivity index (χ1v) is 9.29. The van der Waals surface area contributed by atoms with Crippen LogP contribution in [0, 0.1) is 6.92 Å². The van der Waals surface area contributed by atoms with Crippen LogP contribution in [0.25, 0.3) is 0 Å². The molecule has 0 radical (unpaired) electrons. The number of rotatable bonds is 7. The molecule has 27 heavy (non-hydrogen) atoms. The number of benzene rings is 2. The zero-order valence-corrected chi connectivity index (χ0v) is 15.9. The molecule has 0 saturated carbocycles. The van der Waals surface area contributed by atoms with Crippen LogP contribution in [-0.2, 0) is 22.4 Å². The molecular weight excluding hydrogens is 340 g/mol. The van der Waals surface area contributed by atoms with Gasteiger partial charge in [-0.2, -0.15) is 0 Å². The molecule has 142 valence electrons. The van der Waals surface area contributed by atoms with Crippen molar-refractivity contribution in [1.29, 1.82) is 0 Å². The Morgan fingerprint density at radius 3 is 2.67 bits per heavy atom. The number of carbonyl (C=O) groups excluding carboxylic acids is 2. The predicted octanol–water partition coefficient (Wildman–Crippen LogP) is 2.51. The number of nitrogens with one attached hydrogen (secondary N) is 1. The van der Waals surface area contributed by atoms with Crippen molar-refractivity contribution in [1.82, 2.24) is 10.2 Å². The molecule has 1 unspecified atom stereocenters. The van der Waals surface area contributed by atoms with Gasteiger partial charge < -0.3 is 15.0 Å². The molecule has 1 aliphatic rings. The lowest BCUT2D eigenvalue weighted by atomic mass is 10.1. The van der Waals surface area contributed by atoms with Gasteiger partial charge in [0.1, 0.15) is 5.75 Å².